The first-order valence-electron chi connectivity index (χ1n) is 20.4. The van der Waals surface area contributed by atoms with Crippen molar-refractivity contribution >= 4 is 61.8 Å². The Balaban J connectivity index is 0.00000374. The average molecular weight is 895 g/mol. The van der Waals surface area contributed by atoms with Crippen molar-refractivity contribution in [1.82, 2.24) is 14.2 Å². The Hall–Kier alpha value is -4.93. The molecule has 7 rings (SSSR count). The minimum Gasteiger partial charge on any atom is -0.455 e. The molecule has 1 amide bonds. The van der Waals surface area contributed by atoms with Crippen LogP contribution in [0.3, 0.4) is 0 Å². The number of allylic oxidation sites excluding steroid dienone is 1. The van der Waals surface area contributed by atoms with E-state index in [9.17, 15) is 23.3 Å². The number of carbonyl (C=O) groups excluding carboxylic acids is 1. The number of ether oxygens (including phenoxy) is 2. The van der Waals surface area contributed by atoms with Crippen molar-refractivity contribution in [1.29, 1.82) is 5.41 Å². The van der Waals surface area contributed by atoms with E-state index in [1.165, 1.54) is 51.7 Å². The molecule has 3 aliphatic rings. The maximum absolute atomic E-state index is 13.9. The van der Waals surface area contributed by atoms with E-state index in [0.717, 1.165) is 68.5 Å². The lowest BCUT2D eigenvalue weighted by atomic mass is 9.72. The summed E-state index contributed by atoms with van der Waals surface area (Å²) in [4.78, 5) is 29.5. The molecule has 0 saturated carbocycles. The van der Waals surface area contributed by atoms with Gasteiger partial charge in [0.25, 0.3) is 21.6 Å². The quantitative estimate of drug-likeness (QED) is 0.0874. The molecule has 3 aromatic carbocycles. The van der Waals surface area contributed by atoms with Crippen LogP contribution >= 0.6 is 23.2 Å². The number of hydrogen-bond acceptors (Lipinski definition) is 11. The van der Waals surface area contributed by atoms with E-state index in [1.54, 1.807) is 19.2 Å². The first-order valence-corrected chi connectivity index (χ1v) is 22.6. The van der Waals surface area contributed by atoms with Gasteiger partial charge in [0.1, 0.15) is 22.7 Å². The van der Waals surface area contributed by atoms with Crippen molar-refractivity contribution in [3.63, 3.8) is 0 Å². The van der Waals surface area contributed by atoms with Crippen LogP contribution < -0.4 is 25.2 Å². The zero-order valence-corrected chi connectivity index (χ0v) is 36.8. The van der Waals surface area contributed by atoms with Gasteiger partial charge in [0.2, 0.25) is 0 Å². The van der Waals surface area contributed by atoms with Gasteiger partial charge in [0.05, 0.1) is 20.4 Å². The summed E-state index contributed by atoms with van der Waals surface area (Å²) in [7, 11) is -2.95. The summed E-state index contributed by atoms with van der Waals surface area (Å²) in [5.74, 6) is -0.451. The van der Waals surface area contributed by atoms with Gasteiger partial charge in [-0.2, -0.15) is 0 Å². The van der Waals surface area contributed by atoms with Crippen molar-refractivity contribution in [2.75, 3.05) is 62.7 Å². The summed E-state index contributed by atoms with van der Waals surface area (Å²) in [6.07, 6.45) is 6.32. The highest BCUT2D eigenvalue weighted by molar-refractivity contribution is 7.90. The number of nitrogens with one attached hydrogen (secondary N) is 3. The van der Waals surface area contributed by atoms with Crippen LogP contribution in [0.4, 0.5) is 17.1 Å². The Bertz CT molecular complexity index is 2480. The van der Waals surface area contributed by atoms with E-state index in [-0.39, 0.29) is 47.4 Å². The van der Waals surface area contributed by atoms with Gasteiger partial charge in [-0.05, 0) is 91.0 Å². The third-order valence-electron chi connectivity index (χ3n) is 11.8. The fraction of sp³-hybridized carbons (Fsp3) is 0.409. The van der Waals surface area contributed by atoms with E-state index in [1.807, 2.05) is 12.1 Å². The van der Waals surface area contributed by atoms with Crippen LogP contribution in [-0.2, 0) is 21.8 Å². The maximum Gasteiger partial charge on any atom is 1.00 e. The van der Waals surface area contributed by atoms with Crippen LogP contribution in [0.1, 0.15) is 64.7 Å². The SMILES string of the molecule is Cn1cc(Oc2cc(N3CCN(CC4=C(c5ccc(Cl)cc5)CC(C)(C)CC4)CC3)ccc2C(=O)NS(=O)(=O)c2ccc(NCC3CCOCC3)c([N+](=O)[O-])c2)cc(Cl)c1=N.[H+].[H+]. The maximum atomic E-state index is 13.9. The number of nitrogens with zero attached hydrogens (tertiary/aromatic N) is 4. The van der Waals surface area contributed by atoms with Crippen LogP contribution in [-0.4, -0.2) is 81.2 Å². The van der Waals surface area contributed by atoms with Crippen molar-refractivity contribution in [3.8, 4) is 11.5 Å². The number of piperazine rings is 1. The highest BCUT2D eigenvalue weighted by Crippen LogP contribution is 2.43. The number of aromatic nitrogens is 1. The van der Waals surface area contributed by atoms with E-state index in [4.69, 9.17) is 38.1 Å². The molecule has 4 aromatic rings. The second kappa shape index (κ2) is 18.6. The number of nitro benzene ring substituents is 1. The number of carbonyl (C=O) groups is 1. The lowest BCUT2D eigenvalue weighted by molar-refractivity contribution is -0.384. The second-order valence-electron chi connectivity index (χ2n) is 16.8. The molecule has 14 nitrogen and oxygen atoms in total. The molecular formula is C44H53Cl2N7O7S+2. The molecule has 0 spiro atoms. The molecule has 0 radical (unpaired) electrons. The predicted octanol–water partition coefficient (Wildman–Crippen LogP) is 8.48. The van der Waals surface area contributed by atoms with E-state index >= 15 is 0 Å². The number of amides is 1. The first-order chi connectivity index (χ1) is 29.0. The van der Waals surface area contributed by atoms with Crippen LogP contribution in [0.2, 0.25) is 10.0 Å². The summed E-state index contributed by atoms with van der Waals surface area (Å²) >= 11 is 12.6. The van der Waals surface area contributed by atoms with Gasteiger partial charge in [-0.1, -0.05) is 54.8 Å². The Labute approximate surface area is 369 Å². The Morgan fingerprint density at radius 1 is 1.03 bits per heavy atom. The summed E-state index contributed by atoms with van der Waals surface area (Å²) < 4.78 is 42.5. The summed E-state index contributed by atoms with van der Waals surface area (Å²) in [6, 6.07) is 18.0. The molecule has 1 aliphatic carbocycles. The Morgan fingerprint density at radius 3 is 2.44 bits per heavy atom. The van der Waals surface area contributed by atoms with E-state index in [2.05, 4.69) is 45.8 Å². The standard InChI is InChI=1S/C44H51Cl2N7O7S/c1-44(2)15-12-31(37(25-44)30-4-6-32(45)7-5-30)27-51-16-18-52(19-17-51)33-8-10-36(41(22-33)60-34-23-38(46)42(47)50(3)28-34)43(54)49-61(57,58)35-9-11-39(40(24-35)53(55)56)48-26-29-13-20-59-21-14-29/h4-11,22-24,28-29,47-48H,12-21,25-27H2,1-3H3,(H,49,54)/p+2. The smallest absolute Gasteiger partial charge is 0.455 e. The number of hydrogen-bond donors (Lipinski definition) is 3. The van der Waals surface area contributed by atoms with Gasteiger partial charge in [-0.25, -0.2) is 13.1 Å². The second-order valence-corrected chi connectivity index (χ2v) is 19.3. The van der Waals surface area contributed by atoms with Crippen molar-refractivity contribution in [2.45, 2.75) is 50.8 Å². The number of benzene rings is 3. The van der Waals surface area contributed by atoms with Gasteiger partial charge in [-0.15, -0.1) is 0 Å². The summed E-state index contributed by atoms with van der Waals surface area (Å²) in [5.41, 5.74) is 4.75. The molecule has 0 bridgehead atoms. The zero-order valence-electron chi connectivity index (χ0n) is 36.5. The van der Waals surface area contributed by atoms with Gasteiger partial charge in [-0.3, -0.25) is 25.2 Å². The molecule has 324 valence electrons. The number of nitro groups is 1. The normalized spacial score (nSPS) is 17.6. The van der Waals surface area contributed by atoms with Crippen LogP contribution in [0.5, 0.6) is 11.5 Å². The van der Waals surface area contributed by atoms with E-state index in [0.29, 0.717) is 32.8 Å². The molecule has 0 unspecified atom stereocenters. The first kappa shape index (κ1) is 44.1. The molecule has 0 atom stereocenters. The van der Waals surface area contributed by atoms with Crippen LogP contribution in [0.25, 0.3) is 5.57 Å². The monoisotopic (exact) mass is 893 g/mol. The summed E-state index contributed by atoms with van der Waals surface area (Å²) in [6.45, 7) is 10.2. The largest absolute Gasteiger partial charge is 1.00 e. The molecule has 3 heterocycles. The zero-order chi connectivity index (χ0) is 43.5. The topological polar surface area (TPSA) is 172 Å². The molecular weight excluding hydrogens is 841 g/mol. The van der Waals surface area contributed by atoms with E-state index < -0.39 is 31.4 Å². The number of pyridine rings is 1. The number of halogens is 2. The molecule has 1 aromatic heterocycles. The molecule has 2 fully saturated rings. The van der Waals surface area contributed by atoms with Crippen molar-refractivity contribution in [2.24, 2.45) is 18.4 Å². The lowest BCUT2D eigenvalue weighted by Gasteiger charge is -2.39. The minimum atomic E-state index is -4.58. The van der Waals surface area contributed by atoms with Gasteiger partial charge < -0.3 is 24.3 Å². The average Bonchev–Trinajstić information content (AvgIpc) is 3.23. The van der Waals surface area contributed by atoms with Crippen molar-refractivity contribution in [3.05, 3.63) is 115 Å². The third-order valence-corrected chi connectivity index (χ3v) is 13.6. The Kier molecular flexibility index (Phi) is 13.4. The summed E-state index contributed by atoms with van der Waals surface area (Å²) in [5, 5.41) is 24.1. The van der Waals surface area contributed by atoms with Crippen LogP contribution in [0, 0.1) is 26.9 Å². The number of anilines is 2. The molecule has 61 heavy (non-hydrogen) atoms. The highest BCUT2D eigenvalue weighted by atomic mass is 35.5. The number of aryl methyl sites for hydroxylation is 1. The van der Waals surface area contributed by atoms with Crippen LogP contribution in [0.15, 0.2) is 83.4 Å². The molecule has 2 saturated heterocycles. The Morgan fingerprint density at radius 2 is 1.75 bits per heavy atom. The number of rotatable bonds is 13. The third kappa shape index (κ3) is 10.8. The predicted molar refractivity (Wildman–Crippen MR) is 239 cm³/mol. The molecule has 17 heteroatoms. The minimum absolute atomic E-state index is 0. The molecule has 2 aliphatic heterocycles. The van der Waals surface area contributed by atoms with Crippen molar-refractivity contribution < 1.29 is 30.5 Å². The number of sulfonamides is 1. The van der Waals surface area contributed by atoms with Gasteiger partial charge in [0.15, 0.2) is 0 Å². The van der Waals surface area contributed by atoms with Gasteiger partial charge >= 0.3 is 2.85 Å². The fourth-order valence-corrected chi connectivity index (χ4v) is 9.49. The molecule has 3 N–H and O–H groups in total. The fourth-order valence-electron chi connectivity index (χ4n) is 8.13. The van der Waals surface area contributed by atoms with Gasteiger partial charge in [0, 0.05) is 94.6 Å². The lowest BCUT2D eigenvalue weighted by Crippen LogP contribution is -2.47. The highest BCUT2D eigenvalue weighted by Gasteiger charge is 2.31.